The molecule has 0 saturated heterocycles. The maximum absolute atomic E-state index is 14.2. The molecule has 1 aromatic carbocycles. The molecule has 0 bridgehead atoms. The Balaban J connectivity index is 2.92. The van der Waals surface area contributed by atoms with Crippen molar-refractivity contribution in [2.24, 2.45) is 0 Å². The van der Waals surface area contributed by atoms with Crippen molar-refractivity contribution in [3.8, 4) is 11.3 Å². The molecule has 0 aliphatic carbocycles. The topological polar surface area (TPSA) is 12.9 Å². The molecule has 0 spiro atoms. The van der Waals surface area contributed by atoms with Crippen LogP contribution in [-0.4, -0.2) is 17.3 Å². The van der Waals surface area contributed by atoms with Crippen molar-refractivity contribution in [3.63, 3.8) is 0 Å². The lowest BCUT2D eigenvalue weighted by Crippen LogP contribution is -2.51. The van der Waals surface area contributed by atoms with E-state index in [-0.39, 0.29) is 0 Å². The highest BCUT2D eigenvalue weighted by Crippen LogP contribution is 2.55. The third-order valence-corrected chi connectivity index (χ3v) is 3.21. The Morgan fingerprint density at radius 1 is 0.680 bits per heavy atom. The molecule has 0 aliphatic heterocycles. The van der Waals surface area contributed by atoms with Crippen LogP contribution in [0.25, 0.3) is 11.3 Å². The first-order valence-electron chi connectivity index (χ1n) is 6.25. The Morgan fingerprint density at radius 2 is 1.16 bits per heavy atom. The summed E-state index contributed by atoms with van der Waals surface area (Å²) in [6.07, 6.45) is -13.6. The summed E-state index contributed by atoms with van der Waals surface area (Å²) in [6, 6.07) is 5.59. The maximum atomic E-state index is 14.2. The number of benzene rings is 1. The summed E-state index contributed by atoms with van der Waals surface area (Å²) < 4.78 is 132. The van der Waals surface area contributed by atoms with Crippen molar-refractivity contribution in [1.82, 2.24) is 4.98 Å². The average Bonchev–Trinajstić information content (AvgIpc) is 2.49. The molecule has 0 fully saturated rings. The zero-order valence-corrected chi connectivity index (χ0v) is 11.6. The summed E-state index contributed by atoms with van der Waals surface area (Å²) in [5.41, 5.74) is -11.5. The lowest BCUT2D eigenvalue weighted by atomic mass is 9.92. The molecule has 1 heterocycles. The first-order valence-corrected chi connectivity index (χ1v) is 6.25. The smallest absolute Gasteiger partial charge is 0.218 e. The summed E-state index contributed by atoms with van der Waals surface area (Å²) in [5, 5.41) is 0. The van der Waals surface area contributed by atoms with Gasteiger partial charge in [0.25, 0.3) is 0 Å². The van der Waals surface area contributed by atoms with E-state index in [1.165, 1.54) is 18.2 Å². The van der Waals surface area contributed by atoms with Crippen molar-refractivity contribution in [1.29, 1.82) is 0 Å². The molecular weight excluding hydrogens is 372 g/mol. The molecule has 2 aromatic rings. The van der Waals surface area contributed by atoms with E-state index < -0.39 is 52.4 Å². The van der Waals surface area contributed by atoms with E-state index in [1.807, 2.05) is 0 Å². The fraction of sp³-hybridized carbons (Fsp3) is 0.214. The van der Waals surface area contributed by atoms with Crippen LogP contribution in [0, 0.1) is 17.6 Å². The van der Waals surface area contributed by atoms with Crippen molar-refractivity contribution < 1.29 is 43.9 Å². The number of hydrogen-bond donors (Lipinski definition) is 0. The third kappa shape index (κ3) is 2.91. The summed E-state index contributed by atoms with van der Waals surface area (Å²) in [5.74, 6) is -8.14. The lowest BCUT2D eigenvalue weighted by Gasteiger charge is -2.31. The van der Waals surface area contributed by atoms with Crippen LogP contribution in [0.3, 0.4) is 0 Å². The van der Waals surface area contributed by atoms with E-state index in [2.05, 4.69) is 4.98 Å². The van der Waals surface area contributed by atoms with E-state index in [9.17, 15) is 43.9 Å². The number of aromatic nitrogens is 1. The number of pyridine rings is 1. The van der Waals surface area contributed by atoms with Gasteiger partial charge >= 0.3 is 18.0 Å². The van der Waals surface area contributed by atoms with E-state index in [4.69, 9.17) is 0 Å². The van der Waals surface area contributed by atoms with Gasteiger partial charge in [0.2, 0.25) is 5.95 Å². The van der Waals surface area contributed by atoms with Crippen molar-refractivity contribution >= 4 is 0 Å². The summed E-state index contributed by atoms with van der Waals surface area (Å²) in [4.78, 5) is 2.66. The zero-order valence-electron chi connectivity index (χ0n) is 11.6. The van der Waals surface area contributed by atoms with Gasteiger partial charge < -0.3 is 0 Å². The molecule has 0 atom stereocenters. The summed E-state index contributed by atoms with van der Waals surface area (Å²) >= 11 is 0. The summed E-state index contributed by atoms with van der Waals surface area (Å²) in [6.45, 7) is 0. The van der Waals surface area contributed by atoms with E-state index in [0.29, 0.717) is 0 Å². The lowest BCUT2D eigenvalue weighted by molar-refractivity contribution is -0.350. The monoisotopic (exact) mass is 377 g/mol. The molecule has 25 heavy (non-hydrogen) atoms. The van der Waals surface area contributed by atoms with Gasteiger partial charge in [-0.05, 0) is 0 Å². The first kappa shape index (κ1) is 19.0. The third-order valence-electron chi connectivity index (χ3n) is 3.21. The highest BCUT2D eigenvalue weighted by Gasteiger charge is 2.75. The fourth-order valence-corrected chi connectivity index (χ4v) is 2.05. The highest BCUT2D eigenvalue weighted by atomic mass is 19.4. The van der Waals surface area contributed by atoms with Gasteiger partial charge in [0.05, 0.1) is 5.56 Å². The number of rotatable bonds is 2. The van der Waals surface area contributed by atoms with Gasteiger partial charge in [0.1, 0.15) is 5.69 Å². The Bertz CT molecular complexity index is 765. The van der Waals surface area contributed by atoms with E-state index in [0.717, 1.165) is 12.1 Å². The molecule has 1 nitrogen and oxygen atoms in total. The second kappa shape index (κ2) is 5.88. The summed E-state index contributed by atoms with van der Waals surface area (Å²) in [7, 11) is 0. The largest absolute Gasteiger partial charge is 0.436 e. The van der Waals surface area contributed by atoms with Crippen LogP contribution < -0.4 is 0 Å². The number of hydrogen-bond acceptors (Lipinski definition) is 1. The van der Waals surface area contributed by atoms with Crippen molar-refractivity contribution in [2.45, 2.75) is 18.0 Å². The van der Waals surface area contributed by atoms with E-state index >= 15 is 0 Å². The van der Waals surface area contributed by atoms with Gasteiger partial charge in [0.15, 0.2) is 11.6 Å². The van der Waals surface area contributed by atoms with Crippen molar-refractivity contribution in [2.75, 3.05) is 0 Å². The Kier molecular flexibility index (Phi) is 4.47. The van der Waals surface area contributed by atoms with Crippen LogP contribution in [0.2, 0.25) is 0 Å². The SMILES string of the molecule is Fc1nc(-c2ccccc2)c(F)c(C(F)(C(F)(F)F)C(F)(F)F)c1F. The van der Waals surface area contributed by atoms with Gasteiger partial charge in [-0.1, -0.05) is 30.3 Å². The molecule has 0 aliphatic rings. The Morgan fingerprint density at radius 3 is 1.60 bits per heavy atom. The molecule has 11 heteroatoms. The second-order valence-corrected chi connectivity index (χ2v) is 4.77. The second-order valence-electron chi connectivity index (χ2n) is 4.77. The van der Waals surface area contributed by atoms with Crippen LogP contribution >= 0.6 is 0 Å². The highest BCUT2D eigenvalue weighted by molar-refractivity contribution is 5.61. The van der Waals surface area contributed by atoms with Crippen LogP contribution in [0.1, 0.15) is 5.56 Å². The molecule has 1 aromatic heterocycles. The van der Waals surface area contributed by atoms with Crippen LogP contribution in [0.5, 0.6) is 0 Å². The molecular formula is C14H5F10N. The van der Waals surface area contributed by atoms with Crippen LogP contribution in [-0.2, 0) is 5.67 Å². The first-order chi connectivity index (χ1) is 11.3. The number of alkyl halides is 7. The van der Waals surface area contributed by atoms with Crippen molar-refractivity contribution in [3.05, 3.63) is 53.5 Å². The van der Waals surface area contributed by atoms with Crippen LogP contribution in [0.4, 0.5) is 43.9 Å². The predicted molar refractivity (Wildman–Crippen MR) is 64.4 cm³/mol. The molecule has 0 saturated carbocycles. The van der Waals surface area contributed by atoms with Gasteiger partial charge in [-0.3, -0.25) is 0 Å². The molecule has 2 rings (SSSR count). The maximum Gasteiger partial charge on any atom is 0.436 e. The van der Waals surface area contributed by atoms with E-state index in [1.54, 1.807) is 0 Å². The zero-order chi connectivity index (χ0) is 19.2. The molecule has 0 unspecified atom stereocenters. The fourth-order valence-electron chi connectivity index (χ4n) is 2.05. The minimum Gasteiger partial charge on any atom is -0.218 e. The van der Waals surface area contributed by atoms with Crippen LogP contribution in [0.15, 0.2) is 30.3 Å². The Labute approximate surface area is 132 Å². The number of nitrogens with zero attached hydrogens (tertiary/aromatic N) is 1. The molecule has 0 amide bonds. The standard InChI is InChI=1S/C14H5F10N/c15-8-7(12(18,13(19,20)21)14(22,23)24)9(16)11(17)25-10(8)6-4-2-1-3-5-6/h1-5H. The minimum absolute atomic E-state index is 0.480. The molecule has 136 valence electrons. The van der Waals surface area contributed by atoms with Gasteiger partial charge in [-0.2, -0.15) is 30.7 Å². The Hall–Kier alpha value is -2.33. The quantitative estimate of drug-likeness (QED) is 0.501. The normalized spacial score (nSPS) is 13.2. The minimum atomic E-state index is -6.81. The average molecular weight is 377 g/mol. The molecule has 0 N–H and O–H groups in total. The molecule has 0 radical (unpaired) electrons. The number of halogens is 10. The predicted octanol–water partition coefficient (Wildman–Crippen LogP) is 5.46. The van der Waals surface area contributed by atoms with Gasteiger partial charge in [0, 0.05) is 5.56 Å². The van der Waals surface area contributed by atoms with Gasteiger partial charge in [-0.15, -0.1) is 0 Å². The van der Waals surface area contributed by atoms with Gasteiger partial charge in [-0.25, -0.2) is 18.2 Å².